The van der Waals surface area contributed by atoms with Gasteiger partial charge in [0.2, 0.25) is 0 Å². The van der Waals surface area contributed by atoms with Crippen LogP contribution in [0.25, 0.3) is 0 Å². The van der Waals surface area contributed by atoms with Gasteiger partial charge in [-0.3, -0.25) is 0 Å². The van der Waals surface area contributed by atoms with Crippen LogP contribution in [0.2, 0.25) is 0 Å². The van der Waals surface area contributed by atoms with Gasteiger partial charge in [-0.2, -0.15) is 0 Å². The van der Waals surface area contributed by atoms with Gasteiger partial charge in [-0.05, 0) is 22.0 Å². The molecule has 0 radical (unpaired) electrons. The van der Waals surface area contributed by atoms with E-state index in [9.17, 15) is 4.39 Å². The van der Waals surface area contributed by atoms with Crippen molar-refractivity contribution in [3.8, 4) is 5.75 Å². The van der Waals surface area contributed by atoms with Gasteiger partial charge >= 0.3 is 0 Å². The van der Waals surface area contributed by atoms with E-state index < -0.39 is 5.82 Å². The molecule has 5 heteroatoms. The van der Waals surface area contributed by atoms with Crippen molar-refractivity contribution in [1.82, 2.24) is 0 Å². The molecule has 0 aromatic heterocycles. The van der Waals surface area contributed by atoms with Gasteiger partial charge in [0.05, 0.1) is 10.2 Å². The van der Waals surface area contributed by atoms with Crippen molar-refractivity contribution in [2.75, 3.05) is 24.2 Å². The van der Waals surface area contributed by atoms with E-state index in [0.717, 1.165) is 0 Å². The third-order valence-corrected chi connectivity index (χ3v) is 2.46. The fourth-order valence-electron chi connectivity index (χ4n) is 1.26. The molecule has 0 amide bonds. The fourth-order valence-corrected chi connectivity index (χ4v) is 1.78. The fraction of sp³-hybridized carbons (Fsp3) is 0.250. The molecule has 1 aromatic carbocycles. The smallest absolute Gasteiger partial charge is 0.158 e. The molecule has 0 atom stereocenters. The lowest BCUT2D eigenvalue weighted by Crippen LogP contribution is -2.20. The van der Waals surface area contributed by atoms with E-state index in [1.807, 2.05) is 0 Å². The number of benzene rings is 1. The van der Waals surface area contributed by atoms with Crippen LogP contribution in [0.5, 0.6) is 5.75 Å². The molecule has 1 heterocycles. The third-order valence-electron chi connectivity index (χ3n) is 1.87. The van der Waals surface area contributed by atoms with E-state index in [1.54, 1.807) is 0 Å². The van der Waals surface area contributed by atoms with Crippen LogP contribution in [0, 0.1) is 5.82 Å². The minimum absolute atomic E-state index is 0.109. The highest BCUT2D eigenvalue weighted by atomic mass is 79.9. The van der Waals surface area contributed by atoms with Gasteiger partial charge in [0, 0.05) is 6.54 Å². The summed E-state index contributed by atoms with van der Waals surface area (Å²) < 4.78 is 19.0. The van der Waals surface area contributed by atoms with Crippen LogP contribution in [-0.4, -0.2) is 13.2 Å². The second kappa shape index (κ2) is 3.06. The zero-order valence-electron chi connectivity index (χ0n) is 6.73. The maximum atomic E-state index is 13.1. The van der Waals surface area contributed by atoms with E-state index >= 15 is 0 Å². The molecular formula is C8H8BrFN2O. The maximum Gasteiger partial charge on any atom is 0.158 e. The van der Waals surface area contributed by atoms with E-state index in [1.165, 1.54) is 6.07 Å². The Morgan fingerprint density at radius 2 is 2.38 bits per heavy atom. The number of nitrogens with two attached hydrogens (primary N) is 1. The second-order valence-electron chi connectivity index (χ2n) is 2.73. The van der Waals surface area contributed by atoms with Crippen LogP contribution in [0.15, 0.2) is 10.5 Å². The van der Waals surface area contributed by atoms with Crippen LogP contribution in [0.1, 0.15) is 0 Å². The number of ether oxygens (including phenoxy) is 1. The molecule has 3 nitrogen and oxygen atoms in total. The SMILES string of the molecule is Nc1c(F)cc(Br)c2c1NCCO2. The van der Waals surface area contributed by atoms with E-state index in [0.29, 0.717) is 29.1 Å². The van der Waals surface area contributed by atoms with E-state index in [4.69, 9.17) is 10.5 Å². The summed E-state index contributed by atoms with van der Waals surface area (Å²) in [4.78, 5) is 0. The molecule has 0 spiro atoms. The summed E-state index contributed by atoms with van der Waals surface area (Å²) in [6.45, 7) is 1.21. The van der Waals surface area contributed by atoms with E-state index in [2.05, 4.69) is 21.2 Å². The summed E-state index contributed by atoms with van der Waals surface area (Å²) in [5, 5.41) is 2.99. The zero-order valence-corrected chi connectivity index (χ0v) is 8.32. The average molecular weight is 247 g/mol. The van der Waals surface area contributed by atoms with Gasteiger partial charge in [0.25, 0.3) is 0 Å². The summed E-state index contributed by atoms with van der Waals surface area (Å²) in [7, 11) is 0. The number of hydrogen-bond donors (Lipinski definition) is 2. The quantitative estimate of drug-likeness (QED) is 0.689. The number of anilines is 2. The Balaban J connectivity index is 2.63. The Kier molecular flexibility index (Phi) is 2.03. The van der Waals surface area contributed by atoms with Crippen molar-refractivity contribution in [3.63, 3.8) is 0 Å². The van der Waals surface area contributed by atoms with Gasteiger partial charge in [-0.1, -0.05) is 0 Å². The van der Waals surface area contributed by atoms with Crippen molar-refractivity contribution in [2.24, 2.45) is 0 Å². The Labute approximate surface area is 83.2 Å². The normalized spacial score (nSPS) is 14.3. The highest BCUT2D eigenvalue weighted by Gasteiger charge is 2.19. The molecule has 13 heavy (non-hydrogen) atoms. The monoisotopic (exact) mass is 246 g/mol. The number of hydrogen-bond acceptors (Lipinski definition) is 3. The van der Waals surface area contributed by atoms with Gasteiger partial charge in [-0.15, -0.1) is 0 Å². The standard InChI is InChI=1S/C8H8BrFN2O/c9-4-3-5(10)6(11)7-8(4)13-2-1-12-7/h3,12H,1-2,11H2. The first-order valence-electron chi connectivity index (χ1n) is 3.84. The average Bonchev–Trinajstić information content (AvgIpc) is 2.15. The van der Waals surface area contributed by atoms with Gasteiger partial charge in [0.1, 0.15) is 18.1 Å². The summed E-state index contributed by atoms with van der Waals surface area (Å²) in [5.41, 5.74) is 6.18. The van der Waals surface area contributed by atoms with Gasteiger partial charge in [-0.25, -0.2) is 4.39 Å². The second-order valence-corrected chi connectivity index (χ2v) is 3.59. The lowest BCUT2D eigenvalue weighted by Gasteiger charge is -2.21. The molecule has 1 aliphatic heterocycles. The summed E-state index contributed by atoms with van der Waals surface area (Å²) >= 11 is 3.21. The number of rotatable bonds is 0. The largest absolute Gasteiger partial charge is 0.488 e. The Hall–Kier alpha value is -0.970. The predicted molar refractivity (Wildman–Crippen MR) is 52.5 cm³/mol. The molecule has 0 bridgehead atoms. The Morgan fingerprint density at radius 3 is 3.15 bits per heavy atom. The topological polar surface area (TPSA) is 47.3 Å². The summed E-state index contributed by atoms with van der Waals surface area (Å²) in [6, 6.07) is 1.31. The van der Waals surface area contributed by atoms with Crippen molar-refractivity contribution >= 4 is 27.3 Å². The van der Waals surface area contributed by atoms with Crippen molar-refractivity contribution in [3.05, 3.63) is 16.4 Å². The van der Waals surface area contributed by atoms with Crippen LogP contribution in [0.3, 0.4) is 0 Å². The number of fused-ring (bicyclic) bond motifs is 1. The van der Waals surface area contributed by atoms with Crippen LogP contribution >= 0.6 is 15.9 Å². The molecule has 0 aliphatic carbocycles. The number of nitrogen functional groups attached to an aromatic ring is 1. The minimum Gasteiger partial charge on any atom is -0.488 e. The van der Waals surface area contributed by atoms with Gasteiger partial charge < -0.3 is 15.8 Å². The molecule has 0 fully saturated rings. The lowest BCUT2D eigenvalue weighted by atomic mass is 10.2. The molecule has 0 unspecified atom stereocenters. The minimum atomic E-state index is -0.441. The lowest BCUT2D eigenvalue weighted by molar-refractivity contribution is 0.321. The van der Waals surface area contributed by atoms with E-state index in [-0.39, 0.29) is 5.69 Å². The van der Waals surface area contributed by atoms with Crippen molar-refractivity contribution < 1.29 is 9.13 Å². The third kappa shape index (κ3) is 1.33. The first-order chi connectivity index (χ1) is 6.20. The maximum absolute atomic E-state index is 13.1. The first-order valence-corrected chi connectivity index (χ1v) is 4.63. The highest BCUT2D eigenvalue weighted by molar-refractivity contribution is 9.10. The summed E-state index contributed by atoms with van der Waals surface area (Å²) in [5.74, 6) is 0.147. The van der Waals surface area contributed by atoms with Crippen molar-refractivity contribution in [1.29, 1.82) is 0 Å². The molecule has 1 aromatic rings. The molecule has 1 aliphatic rings. The van der Waals surface area contributed by atoms with Crippen LogP contribution in [0.4, 0.5) is 15.8 Å². The molecule has 3 N–H and O–H groups in total. The predicted octanol–water partition coefficient (Wildman–Crippen LogP) is 1.97. The number of nitrogens with one attached hydrogen (secondary N) is 1. The first kappa shape index (κ1) is 8.62. The highest BCUT2D eigenvalue weighted by Crippen LogP contribution is 2.40. The molecule has 0 saturated carbocycles. The van der Waals surface area contributed by atoms with Crippen LogP contribution < -0.4 is 15.8 Å². The number of halogens is 2. The molecule has 70 valence electrons. The Bertz CT molecular complexity index is 356. The molecule has 2 rings (SSSR count). The summed E-state index contributed by atoms with van der Waals surface area (Å²) in [6.07, 6.45) is 0. The Morgan fingerprint density at radius 1 is 1.62 bits per heavy atom. The molecular weight excluding hydrogens is 239 g/mol. The van der Waals surface area contributed by atoms with Crippen LogP contribution in [-0.2, 0) is 0 Å². The molecule has 0 saturated heterocycles. The van der Waals surface area contributed by atoms with Gasteiger partial charge in [0.15, 0.2) is 5.75 Å². The zero-order chi connectivity index (χ0) is 9.42. The van der Waals surface area contributed by atoms with Crippen molar-refractivity contribution in [2.45, 2.75) is 0 Å².